The number of rotatable bonds is 3. The Bertz CT molecular complexity index is 1150. The van der Waals surface area contributed by atoms with Gasteiger partial charge in [-0.15, -0.1) is 12.4 Å². The summed E-state index contributed by atoms with van der Waals surface area (Å²) in [4.78, 5) is 39.3. The fourth-order valence-electron chi connectivity index (χ4n) is 3.22. The molecule has 2 aliphatic rings. The minimum absolute atomic E-state index is 0. The summed E-state index contributed by atoms with van der Waals surface area (Å²) in [6.07, 6.45) is 1.25. The van der Waals surface area contributed by atoms with Gasteiger partial charge in [0.2, 0.25) is 0 Å². The summed E-state index contributed by atoms with van der Waals surface area (Å²) in [6.45, 7) is 1.63. The van der Waals surface area contributed by atoms with Crippen LogP contribution >= 0.6 is 24.6 Å². The third-order valence-corrected chi connectivity index (χ3v) is 5.00. The first-order chi connectivity index (χ1) is 14.4. The van der Waals surface area contributed by atoms with Gasteiger partial charge < -0.3 is 0 Å². The molecule has 0 saturated carbocycles. The number of hydrazone groups is 1. The highest BCUT2D eigenvalue weighted by Gasteiger charge is 2.39. The first kappa shape index (κ1) is 22.3. The Labute approximate surface area is 188 Å². The van der Waals surface area contributed by atoms with E-state index in [-0.39, 0.29) is 28.8 Å². The number of carbonyl (C=O) groups excluding carboxylic acids is 3. The Morgan fingerprint density at radius 3 is 2.39 bits per heavy atom. The Hall–Kier alpha value is -3.43. The average Bonchev–Trinajstić information content (AvgIpc) is 3.01. The number of para-hydroxylation sites is 2. The normalized spacial score (nSPS) is 20.0. The van der Waals surface area contributed by atoms with E-state index in [1.807, 2.05) is 6.07 Å². The summed E-state index contributed by atoms with van der Waals surface area (Å²) in [6, 6.07) is 14.4. The van der Waals surface area contributed by atoms with Crippen molar-refractivity contribution < 1.29 is 18.8 Å². The molecule has 4 rings (SSSR count). The summed E-state index contributed by atoms with van der Waals surface area (Å²) in [5.74, 6) is -3.56. The van der Waals surface area contributed by atoms with Gasteiger partial charge in [-0.1, -0.05) is 30.3 Å². The molecule has 158 valence electrons. The standard InChI is InChI=1S/C21H15FN4O3S.ClH/c1-12-14(20(29)26(24-12)13-7-3-2-4-8-13)11-15-18(27)23-21(30)25(19(15)28)17-10-6-5-9-16(17)22;/h2-11,14H,1H3,(H,23,27,30);1H. The number of benzene rings is 2. The van der Waals surface area contributed by atoms with E-state index >= 15 is 0 Å². The van der Waals surface area contributed by atoms with E-state index in [4.69, 9.17) is 12.2 Å². The molecule has 1 unspecified atom stereocenters. The lowest BCUT2D eigenvalue weighted by Crippen LogP contribution is -2.54. The van der Waals surface area contributed by atoms with Crippen molar-refractivity contribution in [2.45, 2.75) is 6.92 Å². The van der Waals surface area contributed by atoms with Crippen LogP contribution in [-0.4, -0.2) is 28.5 Å². The van der Waals surface area contributed by atoms with Crippen molar-refractivity contribution in [3.63, 3.8) is 0 Å². The number of carbonyl (C=O) groups is 3. The second kappa shape index (κ2) is 8.75. The summed E-state index contributed by atoms with van der Waals surface area (Å²) < 4.78 is 14.2. The Morgan fingerprint density at radius 1 is 1.06 bits per heavy atom. The number of hydrogen-bond acceptors (Lipinski definition) is 5. The number of nitrogens with one attached hydrogen (secondary N) is 1. The zero-order valence-corrected chi connectivity index (χ0v) is 17.7. The molecule has 2 heterocycles. The summed E-state index contributed by atoms with van der Waals surface area (Å²) in [5.41, 5.74) is 0.584. The number of halogens is 2. The molecule has 1 fully saturated rings. The number of anilines is 2. The third-order valence-electron chi connectivity index (χ3n) is 4.71. The maximum absolute atomic E-state index is 14.2. The van der Waals surface area contributed by atoms with E-state index in [9.17, 15) is 18.8 Å². The minimum Gasteiger partial charge on any atom is -0.298 e. The summed E-state index contributed by atoms with van der Waals surface area (Å²) in [5, 5.41) is 7.63. The monoisotopic (exact) mass is 458 g/mol. The van der Waals surface area contributed by atoms with E-state index in [0.29, 0.717) is 11.4 Å². The molecule has 0 aliphatic carbocycles. The van der Waals surface area contributed by atoms with Gasteiger partial charge in [0.05, 0.1) is 23.0 Å². The predicted molar refractivity (Wildman–Crippen MR) is 120 cm³/mol. The fraction of sp³-hybridized carbons (Fsp3) is 0.0952. The van der Waals surface area contributed by atoms with Gasteiger partial charge in [0.25, 0.3) is 17.7 Å². The van der Waals surface area contributed by atoms with Crippen LogP contribution in [0.15, 0.2) is 71.3 Å². The summed E-state index contributed by atoms with van der Waals surface area (Å²) >= 11 is 5.07. The fourth-order valence-corrected chi connectivity index (χ4v) is 3.50. The molecule has 2 aromatic rings. The molecule has 0 radical (unpaired) electrons. The van der Waals surface area contributed by atoms with Crippen LogP contribution < -0.4 is 15.2 Å². The van der Waals surface area contributed by atoms with Gasteiger partial charge in [-0.2, -0.15) is 10.1 Å². The zero-order chi connectivity index (χ0) is 21.4. The number of amides is 3. The van der Waals surface area contributed by atoms with Crippen LogP contribution in [0.5, 0.6) is 0 Å². The van der Waals surface area contributed by atoms with Crippen LogP contribution in [0.3, 0.4) is 0 Å². The van der Waals surface area contributed by atoms with E-state index in [2.05, 4.69) is 10.4 Å². The lowest BCUT2D eigenvalue weighted by Gasteiger charge is -2.29. The van der Waals surface area contributed by atoms with Crippen molar-refractivity contribution in [1.82, 2.24) is 5.32 Å². The molecule has 3 amide bonds. The van der Waals surface area contributed by atoms with Crippen LogP contribution in [-0.2, 0) is 14.4 Å². The number of nitrogens with zero attached hydrogens (tertiary/aromatic N) is 3. The quantitative estimate of drug-likeness (QED) is 0.435. The Morgan fingerprint density at radius 2 is 1.71 bits per heavy atom. The molecule has 2 aromatic carbocycles. The molecule has 0 spiro atoms. The van der Waals surface area contributed by atoms with Gasteiger partial charge in [0.15, 0.2) is 5.11 Å². The molecular formula is C21H16ClFN4O3S. The van der Waals surface area contributed by atoms with Crippen LogP contribution in [0.1, 0.15) is 6.92 Å². The molecule has 10 heteroatoms. The molecule has 7 nitrogen and oxygen atoms in total. The van der Waals surface area contributed by atoms with E-state index in [1.165, 1.54) is 29.3 Å². The first-order valence-electron chi connectivity index (χ1n) is 8.98. The average molecular weight is 459 g/mol. The lowest BCUT2D eigenvalue weighted by atomic mass is 9.98. The smallest absolute Gasteiger partial charge is 0.270 e. The minimum atomic E-state index is -0.913. The molecule has 1 N–H and O–H groups in total. The Balaban J connectivity index is 0.00000272. The van der Waals surface area contributed by atoms with Gasteiger partial charge in [0, 0.05) is 0 Å². The SMILES string of the molecule is CC1=NN(c2ccccc2)C(=O)C1C=C1C(=O)NC(=S)N(c2ccccc2F)C1=O.Cl. The summed E-state index contributed by atoms with van der Waals surface area (Å²) in [7, 11) is 0. The van der Waals surface area contributed by atoms with Crippen LogP contribution in [0.25, 0.3) is 0 Å². The topological polar surface area (TPSA) is 82.1 Å². The van der Waals surface area contributed by atoms with Crippen molar-refractivity contribution in [3.8, 4) is 0 Å². The first-order valence-corrected chi connectivity index (χ1v) is 9.39. The second-order valence-corrected chi connectivity index (χ2v) is 7.02. The highest BCUT2D eigenvalue weighted by Crippen LogP contribution is 2.28. The van der Waals surface area contributed by atoms with Crippen LogP contribution in [0.2, 0.25) is 0 Å². The van der Waals surface area contributed by atoms with Crippen molar-refractivity contribution in [2.75, 3.05) is 9.91 Å². The van der Waals surface area contributed by atoms with Crippen LogP contribution in [0, 0.1) is 11.7 Å². The van der Waals surface area contributed by atoms with E-state index in [0.717, 1.165) is 4.90 Å². The van der Waals surface area contributed by atoms with Crippen molar-refractivity contribution in [1.29, 1.82) is 0 Å². The van der Waals surface area contributed by atoms with Gasteiger partial charge in [0.1, 0.15) is 11.4 Å². The maximum Gasteiger partial charge on any atom is 0.270 e. The zero-order valence-electron chi connectivity index (χ0n) is 16.1. The number of hydrogen-bond donors (Lipinski definition) is 1. The largest absolute Gasteiger partial charge is 0.298 e. The highest BCUT2D eigenvalue weighted by molar-refractivity contribution is 7.80. The van der Waals surface area contributed by atoms with Crippen LogP contribution in [0.4, 0.5) is 15.8 Å². The molecule has 2 aliphatic heterocycles. The molecular weight excluding hydrogens is 443 g/mol. The molecule has 0 aromatic heterocycles. The predicted octanol–water partition coefficient (Wildman–Crippen LogP) is 2.96. The van der Waals surface area contributed by atoms with Gasteiger partial charge in [-0.3, -0.25) is 19.7 Å². The van der Waals surface area contributed by atoms with Crippen molar-refractivity contribution in [2.24, 2.45) is 11.0 Å². The van der Waals surface area contributed by atoms with Gasteiger partial charge in [-0.05, 0) is 49.5 Å². The molecule has 1 saturated heterocycles. The Kier molecular flexibility index (Phi) is 6.28. The molecule has 1 atom stereocenters. The van der Waals surface area contributed by atoms with Crippen molar-refractivity contribution >= 4 is 64.5 Å². The second-order valence-electron chi connectivity index (χ2n) is 6.64. The molecule has 0 bridgehead atoms. The van der Waals surface area contributed by atoms with E-state index in [1.54, 1.807) is 37.3 Å². The van der Waals surface area contributed by atoms with Gasteiger partial charge in [-0.25, -0.2) is 9.29 Å². The number of thiocarbonyl (C=S) groups is 1. The molecule has 31 heavy (non-hydrogen) atoms. The lowest BCUT2D eigenvalue weighted by molar-refractivity contribution is -0.122. The van der Waals surface area contributed by atoms with Crippen molar-refractivity contribution in [3.05, 3.63) is 72.1 Å². The maximum atomic E-state index is 14.2. The highest BCUT2D eigenvalue weighted by atomic mass is 35.5. The van der Waals surface area contributed by atoms with E-state index < -0.39 is 29.5 Å². The third kappa shape index (κ3) is 3.97. The van der Waals surface area contributed by atoms with Gasteiger partial charge >= 0.3 is 0 Å².